The monoisotopic (exact) mass is 502 g/mol. The molecule has 0 radical (unpaired) electrons. The Kier molecular flexibility index (Phi) is 9.30. The van der Waals surface area contributed by atoms with Gasteiger partial charge in [0.1, 0.15) is 11.9 Å². The average Bonchev–Trinajstić information content (AvgIpc) is 2.71. The van der Waals surface area contributed by atoms with Gasteiger partial charge in [-0.3, -0.25) is 9.89 Å². The van der Waals surface area contributed by atoms with Gasteiger partial charge in [0, 0.05) is 58.2 Å². The van der Waals surface area contributed by atoms with Gasteiger partial charge in [0.05, 0.1) is 13.2 Å². The minimum absolute atomic E-state index is 0. The first-order valence-electron chi connectivity index (χ1n) is 10.1. The molecule has 158 valence electrons. The zero-order valence-electron chi connectivity index (χ0n) is 17.4. The zero-order chi connectivity index (χ0) is 19.1. The summed E-state index contributed by atoms with van der Waals surface area (Å²) in [7, 11) is 1.87. The molecule has 2 heterocycles. The number of guanidine groups is 1. The van der Waals surface area contributed by atoms with Gasteiger partial charge < -0.3 is 19.7 Å². The predicted octanol–water partition coefficient (Wildman–Crippen LogP) is 2.83. The van der Waals surface area contributed by atoms with Crippen molar-refractivity contribution in [3.63, 3.8) is 0 Å². The van der Waals surface area contributed by atoms with E-state index in [1.54, 1.807) is 0 Å². The molecule has 1 aromatic rings. The lowest BCUT2D eigenvalue weighted by molar-refractivity contribution is -0.00855. The fraction of sp³-hybridized carbons (Fsp3) is 0.667. The highest BCUT2D eigenvalue weighted by molar-refractivity contribution is 14.0. The maximum Gasteiger partial charge on any atom is 0.193 e. The first-order valence-corrected chi connectivity index (χ1v) is 10.1. The summed E-state index contributed by atoms with van der Waals surface area (Å²) in [5.74, 6) is 1.96. The van der Waals surface area contributed by atoms with Gasteiger partial charge in [0.25, 0.3) is 0 Å². The molecule has 0 bridgehead atoms. The summed E-state index contributed by atoms with van der Waals surface area (Å²) in [4.78, 5) is 9.36. The van der Waals surface area contributed by atoms with E-state index in [9.17, 15) is 0 Å². The number of piperidine rings is 1. The molecule has 0 aromatic heterocycles. The molecule has 0 amide bonds. The molecule has 0 atom stereocenters. The fourth-order valence-corrected chi connectivity index (χ4v) is 3.79. The Morgan fingerprint density at radius 1 is 1.14 bits per heavy atom. The summed E-state index contributed by atoms with van der Waals surface area (Å²) in [5, 5.41) is 3.59. The molecule has 7 heteroatoms. The maximum absolute atomic E-state index is 6.11. The van der Waals surface area contributed by atoms with Crippen molar-refractivity contribution in [3.8, 4) is 5.75 Å². The van der Waals surface area contributed by atoms with Gasteiger partial charge in [-0.25, -0.2) is 0 Å². The third-order valence-electron chi connectivity index (χ3n) is 5.55. The van der Waals surface area contributed by atoms with Crippen molar-refractivity contribution in [3.05, 3.63) is 30.3 Å². The number of hydrogen-bond acceptors (Lipinski definition) is 4. The highest BCUT2D eigenvalue weighted by Crippen LogP contribution is 2.19. The zero-order valence-corrected chi connectivity index (χ0v) is 19.7. The van der Waals surface area contributed by atoms with E-state index in [0.29, 0.717) is 0 Å². The molecule has 2 aliphatic rings. The van der Waals surface area contributed by atoms with Crippen molar-refractivity contribution in [2.24, 2.45) is 4.99 Å². The molecule has 2 fully saturated rings. The smallest absolute Gasteiger partial charge is 0.193 e. The molecule has 2 saturated heterocycles. The largest absolute Gasteiger partial charge is 0.490 e. The Labute approximate surface area is 186 Å². The lowest BCUT2D eigenvalue weighted by atomic mass is 10.0. The lowest BCUT2D eigenvalue weighted by Gasteiger charge is -2.42. The van der Waals surface area contributed by atoms with Crippen LogP contribution >= 0.6 is 24.0 Å². The Balaban J connectivity index is 0.00000280. The number of halogens is 1. The van der Waals surface area contributed by atoms with Crippen molar-refractivity contribution in [2.75, 3.05) is 53.0 Å². The fourth-order valence-electron chi connectivity index (χ4n) is 3.79. The summed E-state index contributed by atoms with van der Waals surface area (Å²) < 4.78 is 11.6. The van der Waals surface area contributed by atoms with Crippen molar-refractivity contribution in [1.82, 2.24) is 15.1 Å². The average molecular weight is 502 g/mol. The van der Waals surface area contributed by atoms with E-state index in [2.05, 4.69) is 34.0 Å². The highest BCUT2D eigenvalue weighted by atomic mass is 127. The quantitative estimate of drug-likeness (QED) is 0.382. The molecular formula is C21H35IN4O2. The van der Waals surface area contributed by atoms with E-state index in [-0.39, 0.29) is 35.6 Å². The minimum atomic E-state index is 0. The van der Waals surface area contributed by atoms with E-state index in [1.165, 1.54) is 0 Å². The third-order valence-corrected chi connectivity index (χ3v) is 5.55. The van der Waals surface area contributed by atoms with Crippen LogP contribution in [0.5, 0.6) is 5.75 Å². The van der Waals surface area contributed by atoms with E-state index >= 15 is 0 Å². The maximum atomic E-state index is 6.11. The van der Waals surface area contributed by atoms with Crippen molar-refractivity contribution >= 4 is 29.9 Å². The molecule has 2 aliphatic heterocycles. The molecule has 0 unspecified atom stereocenters. The Morgan fingerprint density at radius 2 is 1.79 bits per heavy atom. The van der Waals surface area contributed by atoms with Crippen LogP contribution in [0.25, 0.3) is 0 Å². The van der Waals surface area contributed by atoms with Crippen LogP contribution in [0.1, 0.15) is 26.7 Å². The van der Waals surface area contributed by atoms with Gasteiger partial charge in [0.2, 0.25) is 0 Å². The van der Waals surface area contributed by atoms with Crippen LogP contribution in [0.3, 0.4) is 0 Å². The summed E-state index contributed by atoms with van der Waals surface area (Å²) in [6.45, 7) is 11.0. The summed E-state index contributed by atoms with van der Waals surface area (Å²) in [6, 6.07) is 10.1. The molecular weight excluding hydrogens is 467 g/mol. The second-order valence-electron chi connectivity index (χ2n) is 7.93. The van der Waals surface area contributed by atoms with Crippen LogP contribution in [-0.4, -0.2) is 80.4 Å². The number of para-hydroxylation sites is 1. The second-order valence-corrected chi connectivity index (χ2v) is 7.93. The minimum Gasteiger partial charge on any atom is -0.490 e. The number of aliphatic imine (C=N–C) groups is 1. The third kappa shape index (κ3) is 6.49. The topological polar surface area (TPSA) is 49.3 Å². The number of nitrogens with one attached hydrogen (secondary N) is 1. The molecule has 0 spiro atoms. The number of ether oxygens (including phenoxy) is 2. The number of hydrogen-bond donors (Lipinski definition) is 1. The van der Waals surface area contributed by atoms with Crippen LogP contribution in [-0.2, 0) is 4.74 Å². The number of likely N-dealkylation sites (tertiary alicyclic amines) is 1. The molecule has 0 saturated carbocycles. The first kappa shape index (κ1) is 23.2. The first-order chi connectivity index (χ1) is 13.1. The number of morpholine rings is 1. The van der Waals surface area contributed by atoms with Crippen molar-refractivity contribution in [2.45, 2.75) is 38.3 Å². The molecule has 28 heavy (non-hydrogen) atoms. The standard InChI is InChI=1S/C21H34N4O2.HI/c1-21(2,25-13-15-26-16-14-25)17-23-20(22-3)24-11-9-19(10-12-24)27-18-7-5-4-6-8-18;/h4-8,19H,9-17H2,1-3H3,(H,22,23);1H. The molecule has 0 aliphatic carbocycles. The molecule has 1 aromatic carbocycles. The Morgan fingerprint density at radius 3 is 2.39 bits per heavy atom. The van der Waals surface area contributed by atoms with Gasteiger partial charge in [-0.1, -0.05) is 18.2 Å². The van der Waals surface area contributed by atoms with E-state index in [1.807, 2.05) is 37.4 Å². The van der Waals surface area contributed by atoms with Crippen LogP contribution < -0.4 is 10.1 Å². The summed E-state index contributed by atoms with van der Waals surface area (Å²) >= 11 is 0. The predicted molar refractivity (Wildman–Crippen MR) is 125 cm³/mol. The normalized spacial score (nSPS) is 19.8. The number of rotatable bonds is 5. The Bertz CT molecular complexity index is 598. The Hall–Kier alpha value is -1.06. The molecule has 3 rings (SSSR count). The van der Waals surface area contributed by atoms with Crippen molar-refractivity contribution < 1.29 is 9.47 Å². The second kappa shape index (κ2) is 11.2. The van der Waals surface area contributed by atoms with Gasteiger partial charge in [-0.2, -0.15) is 0 Å². The van der Waals surface area contributed by atoms with Crippen LogP contribution in [0, 0.1) is 0 Å². The molecule has 1 N–H and O–H groups in total. The van der Waals surface area contributed by atoms with Gasteiger partial charge in [-0.05, 0) is 26.0 Å². The van der Waals surface area contributed by atoms with Gasteiger partial charge in [0.15, 0.2) is 5.96 Å². The SMILES string of the molecule is CN=C(NCC(C)(C)N1CCOCC1)N1CCC(Oc2ccccc2)CC1.I. The van der Waals surface area contributed by atoms with E-state index in [0.717, 1.165) is 70.5 Å². The van der Waals surface area contributed by atoms with Gasteiger partial charge >= 0.3 is 0 Å². The molecule has 6 nitrogen and oxygen atoms in total. The highest BCUT2D eigenvalue weighted by Gasteiger charge is 2.29. The lowest BCUT2D eigenvalue weighted by Crippen LogP contribution is -2.57. The van der Waals surface area contributed by atoms with E-state index < -0.39 is 0 Å². The number of benzene rings is 1. The van der Waals surface area contributed by atoms with Crippen LogP contribution in [0.2, 0.25) is 0 Å². The van der Waals surface area contributed by atoms with Crippen LogP contribution in [0.15, 0.2) is 35.3 Å². The summed E-state index contributed by atoms with van der Waals surface area (Å²) in [6.07, 6.45) is 2.32. The van der Waals surface area contributed by atoms with Gasteiger partial charge in [-0.15, -0.1) is 24.0 Å². The summed E-state index contributed by atoms with van der Waals surface area (Å²) in [5.41, 5.74) is 0.0778. The van der Waals surface area contributed by atoms with E-state index in [4.69, 9.17) is 9.47 Å². The van der Waals surface area contributed by atoms with Crippen molar-refractivity contribution in [1.29, 1.82) is 0 Å². The number of nitrogens with zero attached hydrogens (tertiary/aromatic N) is 3. The van der Waals surface area contributed by atoms with Crippen LogP contribution in [0.4, 0.5) is 0 Å².